The number of hydrogen-bond acceptors (Lipinski definition) is 4. The third-order valence-electron chi connectivity index (χ3n) is 4.59. The first-order valence-corrected chi connectivity index (χ1v) is 11.1. The molecule has 1 aromatic heterocycles. The van der Waals surface area contributed by atoms with Gasteiger partial charge in [0.1, 0.15) is 10.0 Å². The van der Waals surface area contributed by atoms with Crippen molar-refractivity contribution in [2.75, 3.05) is 26.2 Å². The molecule has 1 aliphatic rings. The Balaban J connectivity index is 1.74. The maximum Gasteiger partial charge on any atom is 0.246 e. The monoisotopic (exact) mass is 457 g/mol. The molecule has 1 aliphatic heterocycles. The first kappa shape index (κ1) is 19.8. The van der Waals surface area contributed by atoms with Crippen LogP contribution in [-0.2, 0) is 16.6 Å². The van der Waals surface area contributed by atoms with Crippen molar-refractivity contribution < 1.29 is 8.42 Å². The van der Waals surface area contributed by atoms with Crippen LogP contribution in [0, 0.1) is 6.92 Å². The topological polar surface area (TPSA) is 53.5 Å². The summed E-state index contributed by atoms with van der Waals surface area (Å²) in [6, 6.07) is 9.82. The van der Waals surface area contributed by atoms with Crippen molar-refractivity contribution in [1.82, 2.24) is 14.2 Å². The van der Waals surface area contributed by atoms with Gasteiger partial charge < -0.3 is 0 Å². The first-order valence-electron chi connectivity index (χ1n) is 8.46. The summed E-state index contributed by atoms with van der Waals surface area (Å²) < 4.78 is 28.1. The molecule has 1 fully saturated rings. The van der Waals surface area contributed by atoms with Crippen LogP contribution in [0.3, 0.4) is 0 Å². The SMILES string of the molecule is Cc1ccccc1CN1CCCN(S(=O)(=O)c2cc(Br)cnc2Cl)CC1. The average molecular weight is 459 g/mol. The molecule has 1 saturated heterocycles. The largest absolute Gasteiger partial charge is 0.298 e. The van der Waals surface area contributed by atoms with Crippen molar-refractivity contribution in [3.8, 4) is 0 Å². The number of sulfonamides is 1. The maximum absolute atomic E-state index is 13.0. The Morgan fingerprint density at radius 2 is 1.96 bits per heavy atom. The summed E-state index contributed by atoms with van der Waals surface area (Å²) in [6.07, 6.45) is 2.28. The molecule has 0 aliphatic carbocycles. The summed E-state index contributed by atoms with van der Waals surface area (Å²) in [6.45, 7) is 5.41. The fraction of sp³-hybridized carbons (Fsp3) is 0.389. The van der Waals surface area contributed by atoms with Gasteiger partial charge in [-0.1, -0.05) is 35.9 Å². The zero-order valence-corrected chi connectivity index (χ0v) is 17.7. The second-order valence-electron chi connectivity index (χ2n) is 6.40. The van der Waals surface area contributed by atoms with Crippen LogP contribution in [0.25, 0.3) is 0 Å². The molecule has 5 nitrogen and oxygen atoms in total. The zero-order chi connectivity index (χ0) is 18.7. The van der Waals surface area contributed by atoms with E-state index in [0.717, 1.165) is 19.5 Å². The van der Waals surface area contributed by atoms with Crippen molar-refractivity contribution in [3.05, 3.63) is 57.3 Å². The van der Waals surface area contributed by atoms with Crippen LogP contribution < -0.4 is 0 Å². The van der Waals surface area contributed by atoms with Crippen LogP contribution in [0.1, 0.15) is 17.5 Å². The summed E-state index contributed by atoms with van der Waals surface area (Å²) in [5.41, 5.74) is 2.54. The quantitative estimate of drug-likeness (QED) is 0.656. The van der Waals surface area contributed by atoms with Gasteiger partial charge in [-0.3, -0.25) is 4.90 Å². The van der Waals surface area contributed by atoms with Crippen LogP contribution in [0.15, 0.2) is 45.9 Å². The molecular formula is C18H21BrClN3O2S. The van der Waals surface area contributed by atoms with Crippen LogP contribution in [-0.4, -0.2) is 48.8 Å². The Labute approximate surface area is 168 Å². The van der Waals surface area contributed by atoms with Gasteiger partial charge in [-0.15, -0.1) is 0 Å². The maximum atomic E-state index is 13.0. The number of rotatable bonds is 4. The normalized spacial score (nSPS) is 17.2. The summed E-state index contributed by atoms with van der Waals surface area (Å²) >= 11 is 9.32. The molecule has 3 rings (SSSR count). The fourth-order valence-electron chi connectivity index (χ4n) is 3.10. The minimum absolute atomic E-state index is 0.00853. The van der Waals surface area contributed by atoms with E-state index in [0.29, 0.717) is 24.1 Å². The van der Waals surface area contributed by atoms with E-state index in [1.54, 1.807) is 0 Å². The highest BCUT2D eigenvalue weighted by Gasteiger charge is 2.29. The smallest absolute Gasteiger partial charge is 0.246 e. The van der Waals surface area contributed by atoms with E-state index in [-0.39, 0.29) is 10.0 Å². The third kappa shape index (κ3) is 4.46. The lowest BCUT2D eigenvalue weighted by Crippen LogP contribution is -2.35. The second kappa shape index (κ2) is 8.35. The van der Waals surface area contributed by atoms with E-state index < -0.39 is 10.0 Å². The summed E-state index contributed by atoms with van der Waals surface area (Å²) in [5.74, 6) is 0. The minimum atomic E-state index is -3.66. The highest BCUT2D eigenvalue weighted by molar-refractivity contribution is 9.10. The van der Waals surface area contributed by atoms with Crippen LogP contribution >= 0.6 is 27.5 Å². The molecule has 0 N–H and O–H groups in total. The Morgan fingerprint density at radius 3 is 2.73 bits per heavy atom. The number of nitrogens with zero attached hydrogens (tertiary/aromatic N) is 3. The highest BCUT2D eigenvalue weighted by Crippen LogP contribution is 2.26. The molecule has 0 spiro atoms. The lowest BCUT2D eigenvalue weighted by atomic mass is 10.1. The molecule has 1 aromatic carbocycles. The molecule has 0 saturated carbocycles. The van der Waals surface area contributed by atoms with E-state index in [1.807, 2.05) is 12.1 Å². The van der Waals surface area contributed by atoms with Crippen molar-refractivity contribution in [2.24, 2.45) is 0 Å². The fourth-order valence-corrected chi connectivity index (χ4v) is 5.49. The van der Waals surface area contributed by atoms with Gasteiger partial charge in [0, 0.05) is 36.8 Å². The molecule has 140 valence electrons. The molecular weight excluding hydrogens is 438 g/mol. The number of aromatic nitrogens is 1. The van der Waals surface area contributed by atoms with Crippen LogP contribution in [0.5, 0.6) is 0 Å². The van der Waals surface area contributed by atoms with Gasteiger partial charge in [0.25, 0.3) is 0 Å². The Hall–Kier alpha value is -0.990. The summed E-state index contributed by atoms with van der Waals surface area (Å²) in [4.78, 5) is 6.31. The van der Waals surface area contributed by atoms with E-state index in [1.165, 1.54) is 27.7 Å². The van der Waals surface area contributed by atoms with Gasteiger partial charge >= 0.3 is 0 Å². The lowest BCUT2D eigenvalue weighted by Gasteiger charge is -2.22. The van der Waals surface area contributed by atoms with Crippen LogP contribution in [0.2, 0.25) is 5.15 Å². The minimum Gasteiger partial charge on any atom is -0.298 e. The van der Waals surface area contributed by atoms with Crippen molar-refractivity contribution in [3.63, 3.8) is 0 Å². The Kier molecular flexibility index (Phi) is 6.35. The standard InChI is InChI=1S/C18H21BrClN3O2S/c1-14-5-2-3-6-15(14)13-22-7-4-8-23(10-9-22)26(24,25)17-11-16(19)12-21-18(17)20/h2-3,5-6,11-12H,4,7-10,13H2,1H3. The van der Waals surface area contributed by atoms with Gasteiger partial charge in [0.2, 0.25) is 10.0 Å². The number of aryl methyl sites for hydroxylation is 1. The van der Waals surface area contributed by atoms with Gasteiger partial charge in [0.15, 0.2) is 0 Å². The predicted octanol–water partition coefficient (Wildman–Crippen LogP) is 3.70. The summed E-state index contributed by atoms with van der Waals surface area (Å²) in [5, 5.41) is 0.00853. The lowest BCUT2D eigenvalue weighted by molar-refractivity contribution is 0.278. The van der Waals surface area contributed by atoms with Gasteiger partial charge in [-0.05, 0) is 53.0 Å². The van der Waals surface area contributed by atoms with E-state index in [4.69, 9.17) is 11.6 Å². The molecule has 0 unspecified atom stereocenters. The van der Waals surface area contributed by atoms with Crippen molar-refractivity contribution in [2.45, 2.75) is 24.8 Å². The molecule has 0 bridgehead atoms. The second-order valence-corrected chi connectivity index (χ2v) is 9.58. The van der Waals surface area contributed by atoms with Crippen LogP contribution in [0.4, 0.5) is 0 Å². The highest BCUT2D eigenvalue weighted by atomic mass is 79.9. The molecule has 0 atom stereocenters. The van der Waals surface area contributed by atoms with Gasteiger partial charge in [-0.2, -0.15) is 4.31 Å². The number of pyridine rings is 1. The number of hydrogen-bond donors (Lipinski definition) is 0. The van der Waals surface area contributed by atoms with Gasteiger partial charge in [-0.25, -0.2) is 13.4 Å². The van der Waals surface area contributed by atoms with Gasteiger partial charge in [0.05, 0.1) is 0 Å². The zero-order valence-electron chi connectivity index (χ0n) is 14.5. The molecule has 2 aromatic rings. The summed E-state index contributed by atoms with van der Waals surface area (Å²) in [7, 11) is -3.66. The molecule has 2 heterocycles. The van der Waals surface area contributed by atoms with E-state index in [9.17, 15) is 8.42 Å². The first-order chi connectivity index (χ1) is 12.4. The predicted molar refractivity (Wildman–Crippen MR) is 107 cm³/mol. The van der Waals surface area contributed by atoms with E-state index in [2.05, 4.69) is 44.9 Å². The Morgan fingerprint density at radius 1 is 1.19 bits per heavy atom. The third-order valence-corrected chi connectivity index (χ3v) is 7.35. The Bertz CT molecular complexity index is 892. The molecule has 0 radical (unpaired) electrons. The van der Waals surface area contributed by atoms with E-state index >= 15 is 0 Å². The molecule has 0 amide bonds. The average Bonchev–Trinajstić information content (AvgIpc) is 2.85. The molecule has 8 heteroatoms. The number of benzene rings is 1. The van der Waals surface area contributed by atoms with Crippen molar-refractivity contribution in [1.29, 1.82) is 0 Å². The molecule has 26 heavy (non-hydrogen) atoms. The van der Waals surface area contributed by atoms with Crippen molar-refractivity contribution >= 4 is 37.6 Å². The number of halogens is 2.